The number of aromatic nitrogens is 1. The lowest BCUT2D eigenvalue weighted by Gasteiger charge is -2.14. The highest BCUT2D eigenvalue weighted by Gasteiger charge is 2.09. The molecule has 1 aromatic heterocycles. The molecular weight excluding hydrogens is 324 g/mol. The number of amides is 1. The maximum absolute atomic E-state index is 11.9. The van der Waals surface area contributed by atoms with Crippen LogP contribution >= 0.6 is 0 Å². The minimum atomic E-state index is -0.387. The van der Waals surface area contributed by atoms with Gasteiger partial charge in [0.15, 0.2) is 0 Å². The molecule has 1 atom stereocenters. The van der Waals surface area contributed by atoms with Crippen molar-refractivity contribution in [1.29, 1.82) is 0 Å². The number of carbonyl (C=O) groups is 1. The second-order valence-electron chi connectivity index (χ2n) is 6.35. The maximum atomic E-state index is 11.9. The molecule has 0 fully saturated rings. The Hall–Kier alpha value is -2.80. The van der Waals surface area contributed by atoms with E-state index in [0.717, 1.165) is 36.9 Å². The number of carbonyl (C=O) groups excluding carboxylic acids is 1. The van der Waals surface area contributed by atoms with Gasteiger partial charge in [0.05, 0.1) is 0 Å². The van der Waals surface area contributed by atoms with Gasteiger partial charge in [0.2, 0.25) is 0 Å². The molecule has 0 saturated heterocycles. The van der Waals surface area contributed by atoms with E-state index in [0.29, 0.717) is 5.69 Å². The van der Waals surface area contributed by atoms with Gasteiger partial charge in [-0.1, -0.05) is 43.2 Å². The first-order valence-electron chi connectivity index (χ1n) is 9.04. The normalized spacial score (nSPS) is 11.4. The standard InChI is InChI=1S/C22H26N2O2/c1-4-18-14-20(5-2)24-21(15-18)13-9-10-17(3)23-22(25)26-16-19-11-7-6-8-12-19/h2,6-8,11-12,14-15,17H,4,9-10,13,16H2,1,3H3,(H,23,25). The highest BCUT2D eigenvalue weighted by molar-refractivity contribution is 5.67. The summed E-state index contributed by atoms with van der Waals surface area (Å²) in [6, 6.07) is 13.7. The van der Waals surface area contributed by atoms with Gasteiger partial charge in [-0.05, 0) is 55.9 Å². The summed E-state index contributed by atoms with van der Waals surface area (Å²) in [7, 11) is 0. The molecule has 0 aliphatic rings. The second kappa shape index (κ2) is 10.2. The number of alkyl carbamates (subject to hydrolysis) is 1. The van der Waals surface area contributed by atoms with Crippen LogP contribution in [0.25, 0.3) is 0 Å². The fraction of sp³-hybridized carbons (Fsp3) is 0.364. The Morgan fingerprint density at radius 1 is 1.27 bits per heavy atom. The van der Waals surface area contributed by atoms with Gasteiger partial charge in [0.25, 0.3) is 0 Å². The zero-order chi connectivity index (χ0) is 18.8. The first-order valence-corrected chi connectivity index (χ1v) is 9.04. The lowest BCUT2D eigenvalue weighted by atomic mass is 10.1. The number of hydrogen-bond acceptors (Lipinski definition) is 3. The number of nitrogens with one attached hydrogen (secondary N) is 1. The van der Waals surface area contributed by atoms with E-state index in [9.17, 15) is 4.79 Å². The largest absolute Gasteiger partial charge is 0.445 e. The molecule has 1 aromatic carbocycles. The molecule has 2 rings (SSSR count). The zero-order valence-electron chi connectivity index (χ0n) is 15.5. The van der Waals surface area contributed by atoms with Gasteiger partial charge in [-0.25, -0.2) is 9.78 Å². The van der Waals surface area contributed by atoms with Gasteiger partial charge in [0.1, 0.15) is 12.3 Å². The molecule has 136 valence electrons. The summed E-state index contributed by atoms with van der Waals surface area (Å²) in [4.78, 5) is 16.3. The summed E-state index contributed by atoms with van der Waals surface area (Å²) in [5.74, 6) is 2.61. The fourth-order valence-corrected chi connectivity index (χ4v) is 2.68. The number of hydrogen-bond donors (Lipinski definition) is 1. The van der Waals surface area contributed by atoms with E-state index in [-0.39, 0.29) is 18.7 Å². The lowest BCUT2D eigenvalue weighted by Crippen LogP contribution is -2.33. The summed E-state index contributed by atoms with van der Waals surface area (Å²) in [5.41, 5.74) is 3.88. The number of rotatable bonds is 8. The van der Waals surface area contributed by atoms with E-state index in [1.54, 1.807) is 0 Å². The molecule has 0 spiro atoms. The van der Waals surface area contributed by atoms with Gasteiger partial charge in [-0.2, -0.15) is 0 Å². The number of aryl methyl sites for hydroxylation is 2. The Morgan fingerprint density at radius 2 is 2.04 bits per heavy atom. The molecule has 1 N–H and O–H groups in total. The van der Waals surface area contributed by atoms with E-state index in [2.05, 4.69) is 29.2 Å². The summed E-state index contributed by atoms with van der Waals surface area (Å²) in [6.07, 6.45) is 8.64. The second-order valence-corrected chi connectivity index (χ2v) is 6.35. The molecule has 0 aliphatic heterocycles. The molecule has 1 heterocycles. The van der Waals surface area contributed by atoms with E-state index in [4.69, 9.17) is 11.2 Å². The van der Waals surface area contributed by atoms with Gasteiger partial charge in [0, 0.05) is 11.7 Å². The molecule has 0 bridgehead atoms. The van der Waals surface area contributed by atoms with Crippen LogP contribution in [0.5, 0.6) is 0 Å². The van der Waals surface area contributed by atoms with Crippen LogP contribution in [0.1, 0.15) is 49.2 Å². The number of ether oxygens (including phenoxy) is 1. The minimum Gasteiger partial charge on any atom is -0.445 e. The van der Waals surface area contributed by atoms with Crippen molar-refractivity contribution in [3.05, 3.63) is 65.0 Å². The number of benzene rings is 1. The Balaban J connectivity index is 1.72. The highest BCUT2D eigenvalue weighted by atomic mass is 16.5. The van der Waals surface area contributed by atoms with Crippen molar-refractivity contribution in [3.63, 3.8) is 0 Å². The lowest BCUT2D eigenvalue weighted by molar-refractivity contribution is 0.136. The minimum absolute atomic E-state index is 0.0414. The summed E-state index contributed by atoms with van der Waals surface area (Å²) >= 11 is 0. The Bertz CT molecular complexity index is 750. The molecule has 4 heteroatoms. The average molecular weight is 350 g/mol. The summed E-state index contributed by atoms with van der Waals surface area (Å²) in [6.45, 7) is 4.36. The van der Waals surface area contributed by atoms with Crippen LogP contribution in [-0.4, -0.2) is 17.1 Å². The van der Waals surface area contributed by atoms with Crippen LogP contribution in [0, 0.1) is 12.3 Å². The Kier molecular flexibility index (Phi) is 7.70. The zero-order valence-corrected chi connectivity index (χ0v) is 15.5. The first-order chi connectivity index (χ1) is 12.6. The van der Waals surface area contributed by atoms with Gasteiger partial charge in [-0.15, -0.1) is 6.42 Å². The monoisotopic (exact) mass is 350 g/mol. The smallest absolute Gasteiger partial charge is 0.407 e. The molecule has 1 amide bonds. The molecule has 0 saturated carbocycles. The van der Waals surface area contributed by atoms with Crippen molar-refractivity contribution in [2.75, 3.05) is 0 Å². The molecule has 0 aliphatic carbocycles. The van der Waals surface area contributed by atoms with Crippen LogP contribution in [0.2, 0.25) is 0 Å². The van der Waals surface area contributed by atoms with Crippen molar-refractivity contribution in [3.8, 4) is 12.3 Å². The maximum Gasteiger partial charge on any atom is 0.407 e. The topological polar surface area (TPSA) is 51.2 Å². The summed E-state index contributed by atoms with van der Waals surface area (Å²) < 4.78 is 5.24. The van der Waals surface area contributed by atoms with Crippen molar-refractivity contribution < 1.29 is 9.53 Å². The third-order valence-corrected chi connectivity index (χ3v) is 4.14. The van der Waals surface area contributed by atoms with E-state index in [1.165, 1.54) is 5.56 Å². The Labute approximate surface area is 156 Å². The van der Waals surface area contributed by atoms with Gasteiger partial charge < -0.3 is 10.1 Å². The SMILES string of the molecule is C#Cc1cc(CC)cc(CCCC(C)NC(=O)OCc2ccccc2)n1. The van der Waals surface area contributed by atoms with Crippen LogP contribution in [0.15, 0.2) is 42.5 Å². The van der Waals surface area contributed by atoms with Crippen LogP contribution in [0.4, 0.5) is 4.79 Å². The van der Waals surface area contributed by atoms with Crippen LogP contribution in [-0.2, 0) is 24.2 Å². The average Bonchev–Trinajstić information content (AvgIpc) is 2.66. The van der Waals surface area contributed by atoms with Crippen LogP contribution < -0.4 is 5.32 Å². The fourth-order valence-electron chi connectivity index (χ4n) is 2.68. The molecule has 4 nitrogen and oxygen atoms in total. The van der Waals surface area contributed by atoms with Crippen molar-refractivity contribution >= 4 is 6.09 Å². The molecule has 2 aromatic rings. The van der Waals surface area contributed by atoms with E-state index >= 15 is 0 Å². The molecule has 0 radical (unpaired) electrons. The number of pyridine rings is 1. The predicted molar refractivity (Wildman–Crippen MR) is 104 cm³/mol. The first kappa shape index (κ1) is 19.5. The number of terminal acetylenes is 1. The third-order valence-electron chi connectivity index (χ3n) is 4.14. The van der Waals surface area contributed by atoms with Gasteiger partial charge in [-0.3, -0.25) is 0 Å². The Morgan fingerprint density at radius 3 is 2.73 bits per heavy atom. The summed E-state index contributed by atoms with van der Waals surface area (Å²) in [5, 5.41) is 2.87. The molecule has 26 heavy (non-hydrogen) atoms. The molecule has 1 unspecified atom stereocenters. The van der Waals surface area contributed by atoms with Crippen LogP contribution in [0.3, 0.4) is 0 Å². The van der Waals surface area contributed by atoms with Crippen molar-refractivity contribution in [2.45, 2.75) is 52.2 Å². The van der Waals surface area contributed by atoms with Crippen molar-refractivity contribution in [2.24, 2.45) is 0 Å². The highest BCUT2D eigenvalue weighted by Crippen LogP contribution is 2.10. The number of nitrogens with zero attached hydrogens (tertiary/aromatic N) is 1. The quantitative estimate of drug-likeness (QED) is 0.724. The predicted octanol–water partition coefficient (Wildman–Crippen LogP) is 4.26. The van der Waals surface area contributed by atoms with E-state index in [1.807, 2.05) is 43.3 Å². The van der Waals surface area contributed by atoms with Crippen molar-refractivity contribution in [1.82, 2.24) is 10.3 Å². The third kappa shape index (κ3) is 6.60. The van der Waals surface area contributed by atoms with Gasteiger partial charge >= 0.3 is 6.09 Å². The molecular formula is C22H26N2O2. The van der Waals surface area contributed by atoms with E-state index < -0.39 is 0 Å².